The van der Waals surface area contributed by atoms with Crippen LogP contribution in [0.4, 0.5) is 0 Å². The van der Waals surface area contributed by atoms with Crippen molar-refractivity contribution in [2.24, 2.45) is 5.92 Å². The minimum atomic E-state index is -0.949. The number of carbonyl (C=O) groups excluding carboxylic acids is 1. The maximum absolute atomic E-state index is 13.1. The van der Waals surface area contributed by atoms with E-state index in [9.17, 15) is 4.79 Å². The summed E-state index contributed by atoms with van der Waals surface area (Å²) in [6, 6.07) is 20.0. The van der Waals surface area contributed by atoms with Gasteiger partial charge in [0.05, 0.1) is 11.5 Å². The Bertz CT molecular complexity index is 742. The maximum Gasteiger partial charge on any atom is 0.313 e. The van der Waals surface area contributed by atoms with Gasteiger partial charge in [0.15, 0.2) is 5.60 Å². The number of esters is 1. The van der Waals surface area contributed by atoms with Gasteiger partial charge in [-0.25, -0.2) is 0 Å². The SMILES string of the molecule is CC1(C)O[C@@]2(C)CC[C@H]1C(=O)OC2(c1ccccc1)c1ccccc1. The van der Waals surface area contributed by atoms with Crippen LogP contribution in [0, 0.1) is 5.92 Å². The van der Waals surface area contributed by atoms with E-state index in [0.717, 1.165) is 24.0 Å². The summed E-state index contributed by atoms with van der Waals surface area (Å²) in [5.74, 6) is -0.409. The first-order valence-corrected chi connectivity index (χ1v) is 8.93. The summed E-state index contributed by atoms with van der Waals surface area (Å²) in [6.07, 6.45) is 1.56. The molecule has 0 N–H and O–H groups in total. The Morgan fingerprint density at radius 2 is 1.40 bits per heavy atom. The van der Waals surface area contributed by atoms with Crippen LogP contribution in [0.25, 0.3) is 0 Å². The lowest BCUT2D eigenvalue weighted by atomic mass is 9.69. The fraction of sp³-hybridized carbons (Fsp3) is 0.409. The fourth-order valence-corrected chi connectivity index (χ4v) is 4.69. The van der Waals surface area contributed by atoms with Gasteiger partial charge < -0.3 is 9.47 Å². The van der Waals surface area contributed by atoms with Crippen molar-refractivity contribution in [1.82, 2.24) is 0 Å². The molecule has 3 aliphatic rings. The number of hydrogen-bond acceptors (Lipinski definition) is 3. The molecular formula is C22H24O3. The first-order valence-electron chi connectivity index (χ1n) is 8.93. The molecule has 2 bridgehead atoms. The molecule has 0 spiro atoms. The zero-order valence-corrected chi connectivity index (χ0v) is 15.0. The van der Waals surface area contributed by atoms with Gasteiger partial charge >= 0.3 is 5.97 Å². The number of hydrogen-bond donors (Lipinski definition) is 0. The molecule has 0 aromatic heterocycles. The van der Waals surface area contributed by atoms with Crippen LogP contribution >= 0.6 is 0 Å². The lowest BCUT2D eigenvalue weighted by molar-refractivity contribution is -0.223. The Balaban J connectivity index is 2.02. The molecule has 3 fully saturated rings. The second-order valence-corrected chi connectivity index (χ2v) is 7.86. The minimum absolute atomic E-state index is 0.168. The third kappa shape index (κ3) is 2.26. The van der Waals surface area contributed by atoms with Gasteiger partial charge in [-0.05, 0) is 33.6 Å². The fourth-order valence-electron chi connectivity index (χ4n) is 4.69. The van der Waals surface area contributed by atoms with E-state index in [4.69, 9.17) is 9.47 Å². The highest BCUT2D eigenvalue weighted by Crippen LogP contribution is 2.56. The maximum atomic E-state index is 13.1. The van der Waals surface area contributed by atoms with E-state index in [1.54, 1.807) is 0 Å². The van der Waals surface area contributed by atoms with E-state index in [0.29, 0.717) is 0 Å². The molecule has 130 valence electrons. The van der Waals surface area contributed by atoms with Gasteiger partial charge in [-0.15, -0.1) is 0 Å². The first kappa shape index (κ1) is 16.3. The Labute approximate surface area is 149 Å². The second kappa shape index (κ2) is 5.43. The molecule has 2 aromatic rings. The number of fused-ring (bicyclic) bond motifs is 4. The minimum Gasteiger partial charge on any atom is -0.446 e. The Morgan fingerprint density at radius 1 is 0.880 bits per heavy atom. The second-order valence-electron chi connectivity index (χ2n) is 7.86. The molecule has 0 radical (unpaired) electrons. The number of benzene rings is 2. The molecule has 0 unspecified atom stereocenters. The van der Waals surface area contributed by atoms with E-state index in [1.165, 1.54) is 0 Å². The summed E-state index contributed by atoms with van der Waals surface area (Å²) in [5, 5.41) is 0. The summed E-state index contributed by atoms with van der Waals surface area (Å²) in [5.41, 5.74) is -0.224. The average molecular weight is 336 g/mol. The van der Waals surface area contributed by atoms with Crippen molar-refractivity contribution < 1.29 is 14.3 Å². The topological polar surface area (TPSA) is 35.5 Å². The largest absolute Gasteiger partial charge is 0.446 e. The predicted octanol–water partition coefficient (Wildman–Crippen LogP) is 4.45. The van der Waals surface area contributed by atoms with Crippen LogP contribution in [-0.4, -0.2) is 17.2 Å². The van der Waals surface area contributed by atoms with Gasteiger partial charge in [0.2, 0.25) is 0 Å². The van der Waals surface area contributed by atoms with Crippen LogP contribution in [0.15, 0.2) is 60.7 Å². The summed E-state index contributed by atoms with van der Waals surface area (Å²) in [4.78, 5) is 13.1. The number of rotatable bonds is 2. The summed E-state index contributed by atoms with van der Waals surface area (Å²) < 4.78 is 13.0. The molecule has 5 rings (SSSR count). The highest BCUT2D eigenvalue weighted by molar-refractivity contribution is 5.76. The Morgan fingerprint density at radius 3 is 1.88 bits per heavy atom. The number of ether oxygens (including phenoxy) is 2. The standard InChI is InChI=1S/C22H24O3/c1-20(2)18-14-15-21(3,25-20)22(24-19(18)23,16-10-6-4-7-11-16)17-12-8-5-9-13-17/h4-13,18H,14-15H2,1-3H3/t18-,21-/m0/s1. The van der Waals surface area contributed by atoms with Gasteiger partial charge in [0.25, 0.3) is 0 Å². The van der Waals surface area contributed by atoms with Crippen LogP contribution < -0.4 is 0 Å². The van der Waals surface area contributed by atoms with Crippen LogP contribution in [-0.2, 0) is 19.9 Å². The first-order chi connectivity index (χ1) is 11.9. The summed E-state index contributed by atoms with van der Waals surface area (Å²) in [7, 11) is 0. The zero-order valence-electron chi connectivity index (χ0n) is 15.0. The van der Waals surface area contributed by atoms with Gasteiger partial charge in [-0.1, -0.05) is 60.7 Å². The monoisotopic (exact) mass is 336 g/mol. The molecule has 0 aliphatic carbocycles. The molecule has 3 heteroatoms. The molecule has 2 atom stereocenters. The lowest BCUT2D eigenvalue weighted by Gasteiger charge is -2.50. The van der Waals surface area contributed by atoms with Gasteiger partial charge in [0, 0.05) is 11.1 Å². The van der Waals surface area contributed by atoms with E-state index in [2.05, 4.69) is 6.92 Å². The Hall–Kier alpha value is -2.13. The van der Waals surface area contributed by atoms with Gasteiger partial charge in [0.1, 0.15) is 5.60 Å². The van der Waals surface area contributed by atoms with Crippen molar-refractivity contribution in [3.8, 4) is 0 Å². The van der Waals surface area contributed by atoms with Crippen LogP contribution in [0.1, 0.15) is 44.7 Å². The van der Waals surface area contributed by atoms with E-state index < -0.39 is 16.8 Å². The number of carbonyl (C=O) groups is 1. The Kier molecular flexibility index (Phi) is 3.55. The highest BCUT2D eigenvalue weighted by Gasteiger charge is 2.64. The zero-order chi connectivity index (χ0) is 17.7. The third-order valence-corrected chi connectivity index (χ3v) is 5.88. The molecule has 2 aromatic carbocycles. The molecule has 3 nitrogen and oxygen atoms in total. The van der Waals surface area contributed by atoms with Crippen molar-refractivity contribution in [3.63, 3.8) is 0 Å². The summed E-state index contributed by atoms with van der Waals surface area (Å²) in [6.45, 7) is 6.09. The van der Waals surface area contributed by atoms with Gasteiger partial charge in [-0.3, -0.25) is 4.79 Å². The van der Waals surface area contributed by atoms with E-state index >= 15 is 0 Å². The molecule has 3 saturated heterocycles. The van der Waals surface area contributed by atoms with Crippen molar-refractivity contribution in [3.05, 3.63) is 71.8 Å². The van der Waals surface area contributed by atoms with Crippen molar-refractivity contribution in [2.45, 2.75) is 50.4 Å². The predicted molar refractivity (Wildman–Crippen MR) is 96.0 cm³/mol. The molecular weight excluding hydrogens is 312 g/mol. The van der Waals surface area contributed by atoms with Crippen LogP contribution in [0.2, 0.25) is 0 Å². The third-order valence-electron chi connectivity index (χ3n) is 5.88. The molecule has 0 amide bonds. The van der Waals surface area contributed by atoms with Crippen LogP contribution in [0.3, 0.4) is 0 Å². The van der Waals surface area contributed by atoms with E-state index in [1.807, 2.05) is 74.5 Å². The molecule has 3 heterocycles. The van der Waals surface area contributed by atoms with Crippen molar-refractivity contribution in [1.29, 1.82) is 0 Å². The smallest absolute Gasteiger partial charge is 0.313 e. The normalized spacial score (nSPS) is 29.7. The quantitative estimate of drug-likeness (QED) is 0.760. The molecule has 0 saturated carbocycles. The molecule has 3 aliphatic heterocycles. The highest BCUT2D eigenvalue weighted by atomic mass is 16.6. The lowest BCUT2D eigenvalue weighted by Crippen LogP contribution is -2.57. The average Bonchev–Trinajstić information content (AvgIpc) is 2.75. The van der Waals surface area contributed by atoms with Crippen molar-refractivity contribution in [2.75, 3.05) is 0 Å². The molecule has 25 heavy (non-hydrogen) atoms. The van der Waals surface area contributed by atoms with Gasteiger partial charge in [-0.2, -0.15) is 0 Å². The summed E-state index contributed by atoms with van der Waals surface area (Å²) >= 11 is 0. The van der Waals surface area contributed by atoms with E-state index in [-0.39, 0.29) is 11.9 Å². The van der Waals surface area contributed by atoms with Crippen molar-refractivity contribution >= 4 is 5.97 Å². The van der Waals surface area contributed by atoms with Crippen LogP contribution in [0.5, 0.6) is 0 Å².